The summed E-state index contributed by atoms with van der Waals surface area (Å²) >= 11 is 0. The first-order valence-electron chi connectivity index (χ1n) is 10.8. The first-order chi connectivity index (χ1) is 15.8. The number of alkyl carbamates (subject to hydrolysis) is 1. The van der Waals surface area contributed by atoms with Crippen LogP contribution < -0.4 is 15.5 Å². The van der Waals surface area contributed by atoms with Crippen molar-refractivity contribution in [2.24, 2.45) is 0 Å². The van der Waals surface area contributed by atoms with Gasteiger partial charge in [0.05, 0.1) is 19.4 Å². The Morgan fingerprint density at radius 2 is 1.85 bits per heavy atom. The van der Waals surface area contributed by atoms with Gasteiger partial charge >= 0.3 is 6.09 Å². The molecule has 4 rings (SSSR count). The van der Waals surface area contributed by atoms with Crippen molar-refractivity contribution in [1.82, 2.24) is 19.9 Å². The molecule has 1 aromatic carbocycles. The number of fused-ring (bicyclic) bond motifs is 1. The molecular formula is C23H28N6O4. The largest absolute Gasteiger partial charge is 0.444 e. The summed E-state index contributed by atoms with van der Waals surface area (Å²) in [6.45, 7) is 8.50. The minimum Gasteiger partial charge on any atom is -0.444 e. The van der Waals surface area contributed by atoms with Crippen LogP contribution in [0.15, 0.2) is 42.6 Å². The van der Waals surface area contributed by atoms with Gasteiger partial charge in [-0.2, -0.15) is 9.61 Å². The summed E-state index contributed by atoms with van der Waals surface area (Å²) < 4.78 is 12.4. The topological polar surface area (TPSA) is 110 Å². The van der Waals surface area contributed by atoms with Crippen LogP contribution in [0.4, 0.5) is 16.4 Å². The van der Waals surface area contributed by atoms with Crippen molar-refractivity contribution in [3.8, 4) is 0 Å². The lowest BCUT2D eigenvalue weighted by atomic mass is 10.1. The third-order valence-corrected chi connectivity index (χ3v) is 4.97. The molecule has 33 heavy (non-hydrogen) atoms. The van der Waals surface area contributed by atoms with Crippen LogP contribution in [0.2, 0.25) is 0 Å². The minimum absolute atomic E-state index is 0.272. The van der Waals surface area contributed by atoms with E-state index < -0.39 is 11.7 Å². The SMILES string of the molecule is CC(C)(C)OC(=O)NCc1ccc(C(=O)Nc2cc(N3CCOCC3)n3nccc3n2)cc1. The number of ether oxygens (including phenoxy) is 2. The van der Waals surface area contributed by atoms with Gasteiger partial charge in [-0.05, 0) is 38.5 Å². The number of nitrogens with zero attached hydrogens (tertiary/aromatic N) is 4. The number of benzene rings is 1. The van der Waals surface area contributed by atoms with E-state index in [0.717, 1.165) is 24.5 Å². The van der Waals surface area contributed by atoms with Crippen molar-refractivity contribution in [3.05, 3.63) is 53.7 Å². The Hall–Kier alpha value is -3.66. The molecule has 0 atom stereocenters. The Morgan fingerprint density at radius 1 is 1.12 bits per heavy atom. The monoisotopic (exact) mass is 452 g/mol. The number of carbonyl (C=O) groups is 2. The molecule has 1 aliphatic heterocycles. The molecule has 3 heterocycles. The number of amides is 2. The van der Waals surface area contributed by atoms with E-state index in [0.29, 0.717) is 36.8 Å². The number of rotatable bonds is 5. The summed E-state index contributed by atoms with van der Waals surface area (Å²) in [7, 11) is 0. The predicted octanol–water partition coefficient (Wildman–Crippen LogP) is 2.84. The molecule has 0 aliphatic carbocycles. The lowest BCUT2D eigenvalue weighted by Gasteiger charge is -2.29. The average molecular weight is 453 g/mol. The van der Waals surface area contributed by atoms with Crippen molar-refractivity contribution >= 4 is 29.3 Å². The normalized spacial score (nSPS) is 14.2. The predicted molar refractivity (Wildman–Crippen MR) is 123 cm³/mol. The summed E-state index contributed by atoms with van der Waals surface area (Å²) in [6, 6.07) is 10.6. The molecule has 10 heteroatoms. The second kappa shape index (κ2) is 9.45. The van der Waals surface area contributed by atoms with Gasteiger partial charge in [-0.3, -0.25) is 4.79 Å². The smallest absolute Gasteiger partial charge is 0.407 e. The fourth-order valence-electron chi connectivity index (χ4n) is 3.43. The lowest BCUT2D eigenvalue weighted by Crippen LogP contribution is -2.37. The first-order valence-corrected chi connectivity index (χ1v) is 10.8. The van der Waals surface area contributed by atoms with Gasteiger partial charge < -0.3 is 25.0 Å². The van der Waals surface area contributed by atoms with Gasteiger partial charge in [-0.1, -0.05) is 12.1 Å². The Balaban J connectivity index is 1.42. The third kappa shape index (κ3) is 5.78. The van der Waals surface area contributed by atoms with Crippen molar-refractivity contribution in [1.29, 1.82) is 0 Å². The quantitative estimate of drug-likeness (QED) is 0.612. The highest BCUT2D eigenvalue weighted by atomic mass is 16.6. The van der Waals surface area contributed by atoms with E-state index >= 15 is 0 Å². The Labute approximate surface area is 191 Å². The van der Waals surface area contributed by atoms with E-state index in [-0.39, 0.29) is 5.91 Å². The highest BCUT2D eigenvalue weighted by Crippen LogP contribution is 2.21. The van der Waals surface area contributed by atoms with E-state index in [2.05, 4.69) is 25.6 Å². The Kier molecular flexibility index (Phi) is 6.45. The Morgan fingerprint density at radius 3 is 2.55 bits per heavy atom. The second-order valence-electron chi connectivity index (χ2n) is 8.71. The Bertz CT molecular complexity index is 1130. The minimum atomic E-state index is -0.554. The maximum absolute atomic E-state index is 12.8. The standard InChI is InChI=1S/C23H28N6O4/c1-23(2,3)33-22(31)24-15-16-4-6-17(7-5-16)21(30)27-18-14-20(28-10-12-32-13-11-28)29-19(26-18)8-9-25-29/h4-9,14H,10-13,15H2,1-3H3,(H,24,31)(H,26,27,30). The van der Waals surface area contributed by atoms with Gasteiger partial charge in [-0.15, -0.1) is 0 Å². The van der Waals surface area contributed by atoms with Gasteiger partial charge in [0.2, 0.25) is 0 Å². The van der Waals surface area contributed by atoms with E-state index in [4.69, 9.17) is 9.47 Å². The molecule has 10 nitrogen and oxygen atoms in total. The number of aromatic nitrogens is 3. The average Bonchev–Trinajstić information content (AvgIpc) is 3.25. The summed E-state index contributed by atoms with van der Waals surface area (Å²) in [6.07, 6.45) is 1.20. The van der Waals surface area contributed by atoms with Crippen LogP contribution in [-0.4, -0.2) is 58.5 Å². The van der Waals surface area contributed by atoms with E-state index in [1.165, 1.54) is 0 Å². The van der Waals surface area contributed by atoms with Crippen molar-refractivity contribution in [3.63, 3.8) is 0 Å². The van der Waals surface area contributed by atoms with Crippen LogP contribution in [0.5, 0.6) is 0 Å². The number of hydrogen-bond donors (Lipinski definition) is 2. The summed E-state index contributed by atoms with van der Waals surface area (Å²) in [5.74, 6) is 1.03. The van der Waals surface area contributed by atoms with E-state index in [1.807, 2.05) is 26.8 Å². The summed E-state index contributed by atoms with van der Waals surface area (Å²) in [5, 5.41) is 9.93. The third-order valence-electron chi connectivity index (χ3n) is 4.97. The van der Waals surface area contributed by atoms with Crippen molar-refractivity contribution < 1.29 is 19.1 Å². The van der Waals surface area contributed by atoms with E-state index in [9.17, 15) is 9.59 Å². The van der Waals surface area contributed by atoms with Gasteiger partial charge in [0.25, 0.3) is 5.91 Å². The molecule has 1 saturated heterocycles. The van der Waals surface area contributed by atoms with Crippen molar-refractivity contribution in [2.45, 2.75) is 32.9 Å². The van der Waals surface area contributed by atoms with Crippen LogP contribution in [0.25, 0.3) is 5.65 Å². The molecule has 2 amide bonds. The number of nitrogens with one attached hydrogen (secondary N) is 2. The number of anilines is 2. The fraction of sp³-hybridized carbons (Fsp3) is 0.391. The molecule has 1 fully saturated rings. The van der Waals surface area contributed by atoms with Crippen LogP contribution in [0.1, 0.15) is 36.7 Å². The number of hydrogen-bond acceptors (Lipinski definition) is 7. The molecular weight excluding hydrogens is 424 g/mol. The first kappa shape index (κ1) is 22.5. The van der Waals surface area contributed by atoms with Gasteiger partial charge in [0.15, 0.2) is 5.65 Å². The molecule has 174 valence electrons. The summed E-state index contributed by atoms with van der Waals surface area (Å²) in [5.41, 5.74) is 1.43. The molecule has 0 radical (unpaired) electrons. The van der Waals surface area contributed by atoms with Crippen LogP contribution in [0.3, 0.4) is 0 Å². The molecule has 1 aliphatic rings. The molecule has 0 unspecified atom stereocenters. The number of carbonyl (C=O) groups excluding carboxylic acids is 2. The summed E-state index contributed by atoms with van der Waals surface area (Å²) in [4.78, 5) is 31.3. The van der Waals surface area contributed by atoms with E-state index in [1.54, 1.807) is 41.0 Å². The molecule has 2 aromatic heterocycles. The van der Waals surface area contributed by atoms with Crippen LogP contribution in [-0.2, 0) is 16.0 Å². The maximum Gasteiger partial charge on any atom is 0.407 e. The highest BCUT2D eigenvalue weighted by molar-refractivity contribution is 6.04. The van der Waals surface area contributed by atoms with Gasteiger partial charge in [0, 0.05) is 37.3 Å². The van der Waals surface area contributed by atoms with Gasteiger partial charge in [-0.25, -0.2) is 9.78 Å². The fourth-order valence-corrected chi connectivity index (χ4v) is 3.43. The zero-order valence-corrected chi connectivity index (χ0v) is 19.0. The lowest BCUT2D eigenvalue weighted by molar-refractivity contribution is 0.0523. The second-order valence-corrected chi connectivity index (χ2v) is 8.71. The molecule has 2 N–H and O–H groups in total. The van der Waals surface area contributed by atoms with Crippen LogP contribution >= 0.6 is 0 Å². The number of morpholine rings is 1. The molecule has 0 bridgehead atoms. The van der Waals surface area contributed by atoms with Gasteiger partial charge in [0.1, 0.15) is 17.2 Å². The zero-order chi connectivity index (χ0) is 23.4. The van der Waals surface area contributed by atoms with Crippen molar-refractivity contribution in [2.75, 3.05) is 36.5 Å². The molecule has 0 saturated carbocycles. The maximum atomic E-state index is 12.8. The molecule has 3 aromatic rings. The molecule has 0 spiro atoms. The van der Waals surface area contributed by atoms with Crippen LogP contribution in [0, 0.1) is 0 Å². The highest BCUT2D eigenvalue weighted by Gasteiger charge is 2.18. The zero-order valence-electron chi connectivity index (χ0n) is 19.0.